The average molecular weight is 501 g/mol. The molecule has 0 saturated carbocycles. The molecule has 0 aliphatic heterocycles. The Morgan fingerprint density at radius 2 is 1.81 bits per heavy atom. The van der Waals surface area contributed by atoms with Gasteiger partial charge in [-0.25, -0.2) is 4.98 Å². The summed E-state index contributed by atoms with van der Waals surface area (Å²) < 4.78 is 5.07. The molecule has 12 heteroatoms. The van der Waals surface area contributed by atoms with Gasteiger partial charge in [-0.15, -0.1) is 5.10 Å². The van der Waals surface area contributed by atoms with Gasteiger partial charge in [-0.3, -0.25) is 14.7 Å². The van der Waals surface area contributed by atoms with Gasteiger partial charge in [-0.05, 0) is 36.4 Å². The molecule has 2 amide bonds. The van der Waals surface area contributed by atoms with E-state index in [4.69, 9.17) is 39.5 Å². The molecule has 31 heavy (non-hydrogen) atoms. The number of carbonyl (C=O) groups excluding carboxylic acids is 2. The zero-order chi connectivity index (χ0) is 22.4. The Kier molecular flexibility index (Phi) is 8.03. The van der Waals surface area contributed by atoms with E-state index in [9.17, 15) is 9.59 Å². The van der Waals surface area contributed by atoms with E-state index in [1.807, 2.05) is 0 Å². The number of thioether (sulfide) groups is 1. The number of anilines is 1. The molecule has 0 aliphatic rings. The van der Waals surface area contributed by atoms with Crippen molar-refractivity contribution in [3.63, 3.8) is 0 Å². The molecule has 3 rings (SSSR count). The molecule has 0 saturated heterocycles. The standard InChI is InChI=1S/C19H16Cl3N5O3S/c1-30-12-4-2-10(3-5-12)18(29)23-8-15-24-19(27-26-15)31-9-16(28)25-17-13(21)6-11(20)7-14(17)22/h2-7H,8-9H2,1H3,(H,23,29)(H,25,28)(H,24,26,27). The summed E-state index contributed by atoms with van der Waals surface area (Å²) in [6.45, 7) is 0.153. The van der Waals surface area contributed by atoms with Crippen LogP contribution in [0.1, 0.15) is 16.2 Å². The molecule has 0 radical (unpaired) electrons. The van der Waals surface area contributed by atoms with Crippen LogP contribution >= 0.6 is 46.6 Å². The van der Waals surface area contributed by atoms with Gasteiger partial charge in [0.25, 0.3) is 5.91 Å². The van der Waals surface area contributed by atoms with Crippen molar-refractivity contribution in [3.8, 4) is 5.75 Å². The third kappa shape index (κ3) is 6.51. The molecule has 0 atom stereocenters. The van der Waals surface area contributed by atoms with Crippen LogP contribution in [0.4, 0.5) is 5.69 Å². The number of nitrogens with zero attached hydrogens (tertiary/aromatic N) is 2. The molecular weight excluding hydrogens is 485 g/mol. The first-order valence-electron chi connectivity index (χ1n) is 8.76. The fraction of sp³-hybridized carbons (Fsp3) is 0.158. The second-order valence-corrected chi connectivity index (χ2v) is 8.25. The number of nitrogens with one attached hydrogen (secondary N) is 3. The highest BCUT2D eigenvalue weighted by molar-refractivity contribution is 7.99. The van der Waals surface area contributed by atoms with Gasteiger partial charge < -0.3 is 15.4 Å². The number of benzene rings is 2. The minimum atomic E-state index is -0.338. The van der Waals surface area contributed by atoms with Crippen LogP contribution in [-0.2, 0) is 11.3 Å². The van der Waals surface area contributed by atoms with Crippen LogP contribution in [-0.4, -0.2) is 39.9 Å². The fourth-order valence-electron chi connectivity index (χ4n) is 2.40. The summed E-state index contributed by atoms with van der Waals surface area (Å²) in [5.41, 5.74) is 0.779. The van der Waals surface area contributed by atoms with E-state index in [0.29, 0.717) is 27.3 Å². The number of carbonyl (C=O) groups is 2. The van der Waals surface area contributed by atoms with Gasteiger partial charge in [0, 0.05) is 10.6 Å². The van der Waals surface area contributed by atoms with Crippen molar-refractivity contribution < 1.29 is 14.3 Å². The highest BCUT2D eigenvalue weighted by Gasteiger charge is 2.13. The van der Waals surface area contributed by atoms with Gasteiger partial charge in [-0.2, -0.15) is 0 Å². The Bertz CT molecular complexity index is 1070. The normalized spacial score (nSPS) is 10.6. The minimum absolute atomic E-state index is 0.0325. The monoisotopic (exact) mass is 499 g/mol. The Morgan fingerprint density at radius 3 is 2.45 bits per heavy atom. The van der Waals surface area contributed by atoms with Gasteiger partial charge in [0.1, 0.15) is 11.6 Å². The van der Waals surface area contributed by atoms with Crippen molar-refractivity contribution in [1.29, 1.82) is 0 Å². The van der Waals surface area contributed by atoms with Crippen molar-refractivity contribution >= 4 is 64.1 Å². The van der Waals surface area contributed by atoms with E-state index < -0.39 is 0 Å². The number of hydrogen-bond acceptors (Lipinski definition) is 6. The van der Waals surface area contributed by atoms with E-state index in [2.05, 4.69) is 25.8 Å². The first-order chi connectivity index (χ1) is 14.9. The first kappa shape index (κ1) is 23.2. The first-order valence-corrected chi connectivity index (χ1v) is 10.9. The molecule has 0 spiro atoms. The molecule has 0 unspecified atom stereocenters. The number of methoxy groups -OCH3 is 1. The van der Waals surface area contributed by atoms with Crippen molar-refractivity contribution in [2.75, 3.05) is 18.2 Å². The largest absolute Gasteiger partial charge is 0.497 e. The maximum absolute atomic E-state index is 12.2. The molecule has 1 heterocycles. The van der Waals surface area contributed by atoms with Crippen LogP contribution in [0.2, 0.25) is 15.1 Å². The second kappa shape index (κ2) is 10.7. The average Bonchev–Trinajstić information content (AvgIpc) is 3.21. The van der Waals surface area contributed by atoms with Crippen LogP contribution in [0, 0.1) is 0 Å². The Balaban J connectivity index is 1.48. The van der Waals surface area contributed by atoms with Gasteiger partial charge in [0.2, 0.25) is 11.1 Å². The van der Waals surface area contributed by atoms with E-state index in [-0.39, 0.29) is 39.8 Å². The molecule has 2 aromatic carbocycles. The summed E-state index contributed by atoms with van der Waals surface area (Å²) in [6, 6.07) is 9.70. The fourth-order valence-corrected chi connectivity index (χ4v) is 3.93. The molecule has 0 bridgehead atoms. The molecule has 3 aromatic rings. The Hall–Kier alpha value is -2.46. The maximum atomic E-state index is 12.2. The van der Waals surface area contributed by atoms with Crippen molar-refractivity contribution in [2.45, 2.75) is 11.7 Å². The molecule has 3 N–H and O–H groups in total. The topological polar surface area (TPSA) is 109 Å². The third-order valence-corrected chi connectivity index (χ3v) is 5.55. The van der Waals surface area contributed by atoms with Gasteiger partial charge in [-0.1, -0.05) is 46.6 Å². The van der Waals surface area contributed by atoms with E-state index in [1.54, 1.807) is 31.4 Å². The number of amides is 2. The lowest BCUT2D eigenvalue weighted by Crippen LogP contribution is -2.23. The van der Waals surface area contributed by atoms with Gasteiger partial charge in [0.15, 0.2) is 0 Å². The molecule has 162 valence electrons. The minimum Gasteiger partial charge on any atom is -0.497 e. The summed E-state index contributed by atoms with van der Waals surface area (Å²) in [6.07, 6.45) is 0. The zero-order valence-corrected chi connectivity index (χ0v) is 19.1. The predicted octanol–water partition coefficient (Wildman–Crippen LogP) is 4.43. The Morgan fingerprint density at radius 1 is 1.13 bits per heavy atom. The van der Waals surface area contributed by atoms with E-state index >= 15 is 0 Å². The predicted molar refractivity (Wildman–Crippen MR) is 121 cm³/mol. The van der Waals surface area contributed by atoms with Crippen LogP contribution in [0.15, 0.2) is 41.6 Å². The van der Waals surface area contributed by atoms with Crippen LogP contribution < -0.4 is 15.4 Å². The smallest absolute Gasteiger partial charge is 0.251 e. The number of halogens is 3. The molecule has 8 nitrogen and oxygen atoms in total. The summed E-state index contributed by atoms with van der Waals surface area (Å²) in [7, 11) is 1.56. The molecular formula is C19H16Cl3N5O3S. The summed E-state index contributed by atoms with van der Waals surface area (Å²) >= 11 is 19.1. The van der Waals surface area contributed by atoms with Crippen molar-refractivity contribution in [2.24, 2.45) is 0 Å². The SMILES string of the molecule is COc1ccc(C(=O)NCc2nc(SCC(=O)Nc3c(Cl)cc(Cl)cc3Cl)n[nH]2)cc1. The maximum Gasteiger partial charge on any atom is 0.251 e. The number of rotatable bonds is 8. The number of H-pyrrole nitrogens is 1. The highest BCUT2D eigenvalue weighted by atomic mass is 35.5. The number of aromatic nitrogens is 3. The second-order valence-electron chi connectivity index (χ2n) is 6.06. The molecule has 1 aromatic heterocycles. The van der Waals surface area contributed by atoms with E-state index in [0.717, 1.165) is 11.8 Å². The third-order valence-electron chi connectivity index (χ3n) is 3.88. The lowest BCUT2D eigenvalue weighted by molar-refractivity contribution is -0.113. The van der Waals surface area contributed by atoms with Crippen LogP contribution in [0.3, 0.4) is 0 Å². The summed E-state index contributed by atoms with van der Waals surface area (Å²) in [5.74, 6) is 0.552. The zero-order valence-electron chi connectivity index (χ0n) is 16.0. The quantitative estimate of drug-likeness (QED) is 0.395. The highest BCUT2D eigenvalue weighted by Crippen LogP contribution is 2.33. The lowest BCUT2D eigenvalue weighted by atomic mass is 10.2. The molecule has 0 aliphatic carbocycles. The number of ether oxygens (including phenoxy) is 1. The van der Waals surface area contributed by atoms with Crippen LogP contribution in [0.5, 0.6) is 5.75 Å². The van der Waals surface area contributed by atoms with Crippen molar-refractivity contribution in [3.05, 3.63) is 62.9 Å². The number of aromatic amines is 1. The lowest BCUT2D eigenvalue weighted by Gasteiger charge is -2.09. The van der Waals surface area contributed by atoms with Gasteiger partial charge in [0.05, 0.1) is 35.1 Å². The summed E-state index contributed by atoms with van der Waals surface area (Å²) in [4.78, 5) is 28.6. The van der Waals surface area contributed by atoms with Crippen molar-refractivity contribution in [1.82, 2.24) is 20.5 Å². The van der Waals surface area contributed by atoms with E-state index in [1.165, 1.54) is 12.1 Å². The Labute approximate surface area is 197 Å². The molecule has 0 fully saturated rings. The number of hydrogen-bond donors (Lipinski definition) is 3. The summed E-state index contributed by atoms with van der Waals surface area (Å²) in [5, 5.41) is 13.3. The van der Waals surface area contributed by atoms with Crippen LogP contribution in [0.25, 0.3) is 0 Å². The van der Waals surface area contributed by atoms with Gasteiger partial charge >= 0.3 is 0 Å².